The van der Waals surface area contributed by atoms with Crippen molar-refractivity contribution in [3.63, 3.8) is 0 Å². The molecule has 6 N–H and O–H groups in total. The van der Waals surface area contributed by atoms with Crippen molar-refractivity contribution >= 4 is 18.0 Å². The van der Waals surface area contributed by atoms with Crippen LogP contribution in [0, 0.1) is 17.3 Å². The number of nitrogens with one attached hydrogen (secondary N) is 2. The van der Waals surface area contributed by atoms with Gasteiger partial charge < -0.3 is 31.7 Å². The highest BCUT2D eigenvalue weighted by molar-refractivity contribution is 5.81. The number of methoxy groups -OCH3 is 1. The number of piperidine rings is 2. The summed E-state index contributed by atoms with van der Waals surface area (Å²) >= 11 is 0. The quantitative estimate of drug-likeness (QED) is 0.284. The van der Waals surface area contributed by atoms with Crippen molar-refractivity contribution in [2.45, 2.75) is 115 Å². The minimum atomic E-state index is -1.12. The molecule has 4 aliphatic heterocycles. The van der Waals surface area contributed by atoms with E-state index in [1.165, 1.54) is 6.21 Å². The first kappa shape index (κ1) is 33.2. The average molecular weight is 594 g/mol. The lowest BCUT2D eigenvalue weighted by Gasteiger charge is -2.44. The van der Waals surface area contributed by atoms with Crippen LogP contribution in [0.3, 0.4) is 0 Å². The summed E-state index contributed by atoms with van der Waals surface area (Å²) in [5, 5.41) is 6.74. The van der Waals surface area contributed by atoms with Gasteiger partial charge in [-0.3, -0.25) is 19.5 Å². The molecular formula is C31H56FN7O3. The zero-order valence-corrected chi connectivity index (χ0v) is 26.1. The van der Waals surface area contributed by atoms with Crippen molar-refractivity contribution in [2.75, 3.05) is 46.4 Å². The Labute approximate surface area is 251 Å². The summed E-state index contributed by atoms with van der Waals surface area (Å²) in [5.74, 6) is -0.637. The van der Waals surface area contributed by atoms with Gasteiger partial charge in [0.1, 0.15) is 6.17 Å². The minimum absolute atomic E-state index is 0.0460. The van der Waals surface area contributed by atoms with Crippen LogP contribution < -0.4 is 22.1 Å². The molecule has 0 radical (unpaired) electrons. The van der Waals surface area contributed by atoms with E-state index in [9.17, 15) is 14.0 Å². The van der Waals surface area contributed by atoms with Gasteiger partial charge in [-0.1, -0.05) is 26.7 Å². The summed E-state index contributed by atoms with van der Waals surface area (Å²) in [6.45, 7) is 8.96. The van der Waals surface area contributed by atoms with Crippen LogP contribution in [-0.2, 0) is 14.3 Å². The van der Waals surface area contributed by atoms with E-state index in [1.807, 2.05) is 4.90 Å². The van der Waals surface area contributed by atoms with E-state index in [1.54, 1.807) is 7.11 Å². The molecule has 0 aromatic heterocycles. The molecule has 0 bridgehead atoms. The highest BCUT2D eigenvalue weighted by Crippen LogP contribution is 2.42. The maximum Gasteiger partial charge on any atom is 0.228 e. The SMILES string of the molecule is CCCC1(CC)CCC(F)/C=N\C(C(C(=O)NC2CNCCC2N2CCC(C(=O)N3CC[C@@H](OC)C3)CC2)C(N)N)C1. The number of halogens is 1. The van der Waals surface area contributed by atoms with E-state index < -0.39 is 24.3 Å². The molecule has 0 aliphatic carbocycles. The van der Waals surface area contributed by atoms with Gasteiger partial charge in [0.25, 0.3) is 0 Å². The Morgan fingerprint density at radius 3 is 2.57 bits per heavy atom. The largest absolute Gasteiger partial charge is 0.380 e. The number of carbonyl (C=O) groups excluding carboxylic acids is 2. The molecule has 6 unspecified atom stereocenters. The van der Waals surface area contributed by atoms with Crippen molar-refractivity contribution in [3.8, 4) is 0 Å². The van der Waals surface area contributed by atoms with Crippen LogP contribution in [0.15, 0.2) is 4.99 Å². The molecule has 4 heterocycles. The Kier molecular flexibility index (Phi) is 12.2. The monoisotopic (exact) mass is 593 g/mol. The van der Waals surface area contributed by atoms with Crippen LogP contribution in [0.4, 0.5) is 4.39 Å². The number of likely N-dealkylation sites (tertiary alicyclic amines) is 2. The number of nitrogens with two attached hydrogens (primary N) is 2. The molecule has 0 saturated carbocycles. The Morgan fingerprint density at radius 1 is 1.17 bits per heavy atom. The van der Waals surface area contributed by atoms with Crippen molar-refractivity contribution in [1.82, 2.24) is 20.4 Å². The molecule has 3 saturated heterocycles. The highest BCUT2D eigenvalue weighted by atomic mass is 19.1. The third-order valence-electron chi connectivity index (χ3n) is 10.6. The standard InChI is InChI=1S/C31H56FN7O3/c1-4-11-31(5-2)12-6-22(32)18-36-24(17-31)27(28(33)34)29(40)37-25-19-35-13-7-26(25)38-14-8-21(9-15-38)30(41)39-16-10-23(20-39)42-3/h18,21-28,35H,4-17,19-20,33-34H2,1-3H3,(H,37,40)/b36-18-/t22?,23-,24?,25?,26?,27?,31?/m1/s1. The summed E-state index contributed by atoms with van der Waals surface area (Å²) in [6.07, 6.45) is 7.73. The van der Waals surface area contributed by atoms with Gasteiger partial charge in [0, 0.05) is 44.9 Å². The maximum absolute atomic E-state index is 14.7. The number of amides is 2. The van der Waals surface area contributed by atoms with E-state index >= 15 is 0 Å². The van der Waals surface area contributed by atoms with Crippen LogP contribution in [0.5, 0.6) is 0 Å². The van der Waals surface area contributed by atoms with Crippen molar-refractivity contribution < 1.29 is 18.7 Å². The third kappa shape index (κ3) is 8.08. The number of rotatable bonds is 10. The summed E-state index contributed by atoms with van der Waals surface area (Å²) < 4.78 is 20.1. The molecule has 4 aliphatic rings. The predicted octanol–water partition coefficient (Wildman–Crippen LogP) is 1.81. The molecule has 3 fully saturated rings. The lowest BCUT2D eigenvalue weighted by molar-refractivity contribution is -0.136. The lowest BCUT2D eigenvalue weighted by atomic mass is 9.69. The Balaban J connectivity index is 1.41. The molecule has 0 aromatic carbocycles. The van der Waals surface area contributed by atoms with Crippen molar-refractivity contribution in [3.05, 3.63) is 0 Å². The third-order valence-corrected chi connectivity index (χ3v) is 10.6. The van der Waals surface area contributed by atoms with E-state index in [0.29, 0.717) is 25.9 Å². The highest BCUT2D eigenvalue weighted by Gasteiger charge is 2.42. The second kappa shape index (κ2) is 15.4. The zero-order chi connectivity index (χ0) is 30.3. The van der Waals surface area contributed by atoms with Crippen molar-refractivity contribution in [1.29, 1.82) is 0 Å². The van der Waals surface area contributed by atoms with E-state index in [4.69, 9.17) is 16.2 Å². The predicted molar refractivity (Wildman–Crippen MR) is 164 cm³/mol. The number of ether oxygens (including phenoxy) is 1. The second-order valence-electron chi connectivity index (χ2n) is 13.2. The number of carbonyl (C=O) groups is 2. The molecule has 0 spiro atoms. The van der Waals surface area contributed by atoms with Crippen LogP contribution in [0.1, 0.15) is 78.1 Å². The Bertz CT molecular complexity index is 915. The fourth-order valence-corrected chi connectivity index (χ4v) is 7.97. The van der Waals surface area contributed by atoms with Gasteiger partial charge in [-0.25, -0.2) is 4.39 Å². The molecule has 240 valence electrons. The average Bonchev–Trinajstić information content (AvgIpc) is 3.47. The molecular weight excluding hydrogens is 537 g/mol. The number of hydrogen-bond donors (Lipinski definition) is 4. The zero-order valence-electron chi connectivity index (χ0n) is 26.1. The minimum Gasteiger partial charge on any atom is -0.380 e. The summed E-state index contributed by atoms with van der Waals surface area (Å²) in [4.78, 5) is 36.1. The first-order valence-corrected chi connectivity index (χ1v) is 16.5. The van der Waals surface area contributed by atoms with Gasteiger partial charge >= 0.3 is 0 Å². The summed E-state index contributed by atoms with van der Waals surface area (Å²) in [6, 6.07) is -0.412. The van der Waals surface area contributed by atoms with E-state index in [2.05, 4.69) is 34.4 Å². The van der Waals surface area contributed by atoms with Gasteiger partial charge in [0.15, 0.2) is 0 Å². The molecule has 42 heavy (non-hydrogen) atoms. The molecule has 10 nitrogen and oxygen atoms in total. The first-order chi connectivity index (χ1) is 20.2. The van der Waals surface area contributed by atoms with Crippen LogP contribution >= 0.6 is 0 Å². The fourth-order valence-electron chi connectivity index (χ4n) is 7.97. The summed E-state index contributed by atoms with van der Waals surface area (Å²) in [7, 11) is 1.71. The molecule has 2 amide bonds. The molecule has 0 aromatic rings. The lowest BCUT2D eigenvalue weighted by Crippen LogP contribution is -2.63. The van der Waals surface area contributed by atoms with Crippen LogP contribution in [0.25, 0.3) is 0 Å². The van der Waals surface area contributed by atoms with E-state index in [-0.39, 0.29) is 41.3 Å². The van der Waals surface area contributed by atoms with Gasteiger partial charge in [0.2, 0.25) is 11.8 Å². The summed E-state index contributed by atoms with van der Waals surface area (Å²) in [5.41, 5.74) is 12.5. The van der Waals surface area contributed by atoms with Crippen LogP contribution in [-0.4, -0.2) is 111 Å². The Morgan fingerprint density at radius 2 is 1.93 bits per heavy atom. The molecule has 7 atom stereocenters. The first-order valence-electron chi connectivity index (χ1n) is 16.5. The van der Waals surface area contributed by atoms with Gasteiger partial charge in [-0.15, -0.1) is 0 Å². The molecule has 4 rings (SSSR count). The van der Waals surface area contributed by atoms with Gasteiger partial charge in [-0.2, -0.15) is 0 Å². The topological polar surface area (TPSA) is 138 Å². The van der Waals surface area contributed by atoms with Crippen LogP contribution in [0.2, 0.25) is 0 Å². The van der Waals surface area contributed by atoms with E-state index in [0.717, 1.165) is 77.5 Å². The number of aliphatic imine (C=N–C) groups is 1. The second-order valence-corrected chi connectivity index (χ2v) is 13.2. The maximum atomic E-state index is 14.7. The smallest absolute Gasteiger partial charge is 0.228 e. The molecule has 11 heteroatoms. The van der Waals surface area contributed by atoms with Crippen molar-refractivity contribution in [2.24, 2.45) is 33.7 Å². The van der Waals surface area contributed by atoms with Gasteiger partial charge in [0.05, 0.1) is 30.3 Å². The number of nitrogens with zero attached hydrogens (tertiary/aromatic N) is 3. The number of alkyl halides is 1. The van der Waals surface area contributed by atoms with Gasteiger partial charge in [-0.05, 0) is 76.4 Å². The normalized spacial score (nSPS) is 35.0. The Hall–Kier alpha value is -1.66. The fraction of sp³-hybridized carbons (Fsp3) is 0.903. The number of hydrogen-bond acceptors (Lipinski definition) is 8.